The molecule has 120 valence electrons. The molecule has 7 nitrogen and oxygen atoms in total. The fraction of sp³-hybridized carbons (Fsp3) is 0.118. The lowest BCUT2D eigenvalue weighted by Gasteiger charge is -2.12. The predicted octanol–water partition coefficient (Wildman–Crippen LogP) is 2.44. The van der Waals surface area contributed by atoms with Gasteiger partial charge in [0.15, 0.2) is 0 Å². The first-order chi connectivity index (χ1) is 11.6. The van der Waals surface area contributed by atoms with Gasteiger partial charge in [0, 0.05) is 29.1 Å². The van der Waals surface area contributed by atoms with E-state index in [9.17, 15) is 4.79 Å². The fourth-order valence-electron chi connectivity index (χ4n) is 2.43. The van der Waals surface area contributed by atoms with Crippen LogP contribution in [0.3, 0.4) is 0 Å². The number of hydrogen-bond donors (Lipinski definition) is 2. The summed E-state index contributed by atoms with van der Waals surface area (Å²) in [6, 6.07) is 6.73. The molecule has 0 aromatic carbocycles. The summed E-state index contributed by atoms with van der Waals surface area (Å²) >= 11 is 0. The Morgan fingerprint density at radius 3 is 2.38 bits per heavy atom. The molecule has 3 aromatic rings. The molecule has 0 atom stereocenters. The van der Waals surface area contributed by atoms with Crippen LogP contribution in [0.25, 0.3) is 22.4 Å². The van der Waals surface area contributed by atoms with Crippen LogP contribution in [0.4, 0.5) is 5.82 Å². The highest BCUT2D eigenvalue weighted by atomic mass is 16.4. The molecule has 0 fully saturated rings. The van der Waals surface area contributed by atoms with Crippen molar-refractivity contribution in [1.29, 1.82) is 0 Å². The van der Waals surface area contributed by atoms with Gasteiger partial charge in [0.2, 0.25) is 0 Å². The molecule has 0 saturated carbocycles. The van der Waals surface area contributed by atoms with Crippen molar-refractivity contribution in [2.24, 2.45) is 0 Å². The van der Waals surface area contributed by atoms with E-state index in [-0.39, 0.29) is 5.69 Å². The van der Waals surface area contributed by atoms with Crippen LogP contribution >= 0.6 is 0 Å². The maximum atomic E-state index is 11.0. The van der Waals surface area contributed by atoms with E-state index in [1.165, 1.54) is 18.6 Å². The highest BCUT2D eigenvalue weighted by molar-refractivity contribution is 5.87. The lowest BCUT2D eigenvalue weighted by atomic mass is 9.98. The van der Waals surface area contributed by atoms with Crippen LogP contribution in [0.1, 0.15) is 23.1 Å². The van der Waals surface area contributed by atoms with E-state index in [0.29, 0.717) is 17.1 Å². The second kappa shape index (κ2) is 6.41. The van der Waals surface area contributed by atoms with Crippen molar-refractivity contribution >= 4 is 11.8 Å². The summed E-state index contributed by atoms with van der Waals surface area (Å²) < 4.78 is 0. The lowest BCUT2D eigenvalue weighted by molar-refractivity contribution is 0.0690. The van der Waals surface area contributed by atoms with Crippen molar-refractivity contribution in [2.45, 2.75) is 13.3 Å². The number of nitrogens with zero attached hydrogens (tertiary/aromatic N) is 4. The molecule has 3 N–H and O–H groups in total. The highest BCUT2D eigenvalue weighted by Crippen LogP contribution is 2.32. The van der Waals surface area contributed by atoms with Crippen molar-refractivity contribution < 1.29 is 9.90 Å². The van der Waals surface area contributed by atoms with Gasteiger partial charge < -0.3 is 10.8 Å². The maximum Gasteiger partial charge on any atom is 0.354 e. The molecule has 0 aliphatic carbocycles. The predicted molar refractivity (Wildman–Crippen MR) is 89.2 cm³/mol. The third kappa shape index (κ3) is 2.91. The van der Waals surface area contributed by atoms with Crippen LogP contribution in [-0.2, 0) is 6.42 Å². The van der Waals surface area contributed by atoms with E-state index < -0.39 is 5.97 Å². The van der Waals surface area contributed by atoms with E-state index in [1.54, 1.807) is 18.3 Å². The molecule has 0 radical (unpaired) electrons. The summed E-state index contributed by atoms with van der Waals surface area (Å²) in [5.74, 6) is -0.635. The number of rotatable bonds is 4. The summed E-state index contributed by atoms with van der Waals surface area (Å²) in [6.07, 6.45) is 5.39. The maximum absolute atomic E-state index is 11.0. The number of pyridine rings is 2. The molecule has 0 amide bonds. The average Bonchev–Trinajstić information content (AvgIpc) is 2.62. The molecule has 0 saturated heterocycles. The molecule has 0 aliphatic rings. The first kappa shape index (κ1) is 15.5. The van der Waals surface area contributed by atoms with Crippen molar-refractivity contribution in [1.82, 2.24) is 19.9 Å². The topological polar surface area (TPSA) is 115 Å². The number of aromatic carboxylic acids is 1. The Bertz CT molecular complexity index is 876. The number of carboxylic acids is 1. The minimum atomic E-state index is -1.07. The number of nitrogens with two attached hydrogens (primary N) is 1. The van der Waals surface area contributed by atoms with Crippen molar-refractivity contribution in [3.63, 3.8) is 0 Å². The van der Waals surface area contributed by atoms with Gasteiger partial charge >= 0.3 is 5.97 Å². The van der Waals surface area contributed by atoms with Crippen LogP contribution in [-0.4, -0.2) is 31.0 Å². The summed E-state index contributed by atoms with van der Waals surface area (Å²) in [7, 11) is 0. The molecule has 24 heavy (non-hydrogen) atoms. The Morgan fingerprint density at radius 2 is 1.79 bits per heavy atom. The average molecular weight is 321 g/mol. The van der Waals surface area contributed by atoms with Gasteiger partial charge in [-0.15, -0.1) is 0 Å². The zero-order chi connectivity index (χ0) is 17.1. The van der Waals surface area contributed by atoms with Crippen molar-refractivity contribution in [3.05, 3.63) is 54.4 Å². The zero-order valence-corrected chi connectivity index (χ0v) is 13.0. The highest BCUT2D eigenvalue weighted by Gasteiger charge is 2.15. The third-order valence-corrected chi connectivity index (χ3v) is 3.59. The Morgan fingerprint density at radius 1 is 1.04 bits per heavy atom. The summed E-state index contributed by atoms with van der Waals surface area (Å²) in [4.78, 5) is 27.8. The molecule has 7 heteroatoms. The molecule has 0 spiro atoms. The van der Waals surface area contributed by atoms with Gasteiger partial charge in [0.1, 0.15) is 17.8 Å². The molecule has 0 aliphatic heterocycles. The van der Waals surface area contributed by atoms with Gasteiger partial charge in [-0.25, -0.2) is 24.7 Å². The number of aromatic nitrogens is 4. The molecule has 0 bridgehead atoms. The molecule has 0 unspecified atom stereocenters. The normalized spacial score (nSPS) is 10.5. The second-order valence-corrected chi connectivity index (χ2v) is 5.11. The minimum absolute atomic E-state index is 0.0146. The van der Waals surface area contributed by atoms with Crippen LogP contribution in [0.5, 0.6) is 0 Å². The second-order valence-electron chi connectivity index (χ2n) is 5.11. The summed E-state index contributed by atoms with van der Waals surface area (Å²) in [5, 5.41) is 8.98. The Hall–Kier alpha value is -3.35. The van der Waals surface area contributed by atoms with Crippen molar-refractivity contribution in [3.8, 4) is 22.4 Å². The van der Waals surface area contributed by atoms with E-state index >= 15 is 0 Å². The van der Waals surface area contributed by atoms with Gasteiger partial charge in [-0.3, -0.25) is 0 Å². The first-order valence-electron chi connectivity index (χ1n) is 7.35. The van der Waals surface area contributed by atoms with Gasteiger partial charge in [0.05, 0.1) is 11.4 Å². The first-order valence-corrected chi connectivity index (χ1v) is 7.35. The van der Waals surface area contributed by atoms with Crippen LogP contribution in [0.15, 0.2) is 43.0 Å². The Labute approximate surface area is 138 Å². The van der Waals surface area contributed by atoms with Gasteiger partial charge in [-0.2, -0.15) is 0 Å². The van der Waals surface area contributed by atoms with Crippen LogP contribution < -0.4 is 5.73 Å². The third-order valence-electron chi connectivity index (χ3n) is 3.59. The van der Waals surface area contributed by atoms with E-state index in [4.69, 9.17) is 10.8 Å². The smallest absolute Gasteiger partial charge is 0.354 e. The van der Waals surface area contributed by atoms with Crippen LogP contribution in [0, 0.1) is 0 Å². The van der Waals surface area contributed by atoms with Gasteiger partial charge in [-0.05, 0) is 30.7 Å². The quantitative estimate of drug-likeness (QED) is 0.758. The van der Waals surface area contributed by atoms with Gasteiger partial charge in [0.25, 0.3) is 0 Å². The summed E-state index contributed by atoms with van der Waals surface area (Å²) in [5.41, 5.74) is 9.60. The Balaban J connectivity index is 2.17. The molecular weight excluding hydrogens is 306 g/mol. The molecular formula is C17H15N5O2. The number of carboxylic acid groups (broad SMARTS) is 1. The van der Waals surface area contributed by atoms with Crippen LogP contribution in [0.2, 0.25) is 0 Å². The standard InChI is InChI=1S/C17H15N5O2/c1-2-12-15(10-4-6-14(18)20-7-10)16(22-9-21-12)11-3-5-13(17(23)24)19-8-11/h3-9H,2H2,1H3,(H2,18,20)(H,23,24). The SMILES string of the molecule is CCc1ncnc(-c2ccc(C(=O)O)nc2)c1-c1ccc(N)nc1. The number of nitrogen functional groups attached to an aromatic ring is 1. The zero-order valence-electron chi connectivity index (χ0n) is 13.0. The monoisotopic (exact) mass is 321 g/mol. The molecule has 3 aromatic heterocycles. The fourth-order valence-corrected chi connectivity index (χ4v) is 2.43. The minimum Gasteiger partial charge on any atom is -0.477 e. The molecule has 3 heterocycles. The largest absolute Gasteiger partial charge is 0.477 e. The van der Waals surface area contributed by atoms with E-state index in [0.717, 1.165) is 23.2 Å². The van der Waals surface area contributed by atoms with Gasteiger partial charge in [-0.1, -0.05) is 6.92 Å². The Kier molecular flexibility index (Phi) is 4.15. The number of anilines is 1. The van der Waals surface area contributed by atoms with E-state index in [2.05, 4.69) is 19.9 Å². The number of hydrogen-bond acceptors (Lipinski definition) is 6. The number of carbonyl (C=O) groups is 1. The molecule has 3 rings (SSSR count). The van der Waals surface area contributed by atoms with E-state index in [1.807, 2.05) is 13.0 Å². The van der Waals surface area contributed by atoms with Crippen molar-refractivity contribution in [2.75, 3.05) is 5.73 Å². The number of aryl methyl sites for hydroxylation is 1. The summed E-state index contributed by atoms with van der Waals surface area (Å²) in [6.45, 7) is 2.01. The lowest BCUT2D eigenvalue weighted by Crippen LogP contribution is -2.02.